The lowest BCUT2D eigenvalue weighted by molar-refractivity contribution is 0.172. The highest BCUT2D eigenvalue weighted by molar-refractivity contribution is 4.41. The molecule has 1 radical (unpaired) electrons. The average Bonchev–Trinajstić information content (AvgIpc) is 1.69. The molecular weight excluding hydrogens is 95.1 g/mol. The van der Waals surface area contributed by atoms with Crippen molar-refractivity contribution >= 4 is 0 Å². The summed E-state index contributed by atoms with van der Waals surface area (Å²) in [4.78, 5) is 0. The molecule has 2 heteroatoms. The predicted octanol–water partition coefficient (Wildman–Crippen LogP) is 1.54. The number of ether oxygens (including phenoxy) is 1. The van der Waals surface area contributed by atoms with Gasteiger partial charge in [-0.25, -0.2) is 4.39 Å². The molecule has 0 bridgehead atoms. The summed E-state index contributed by atoms with van der Waals surface area (Å²) in [7, 11) is 0. The lowest BCUT2D eigenvalue weighted by Crippen LogP contribution is -1.90. The lowest BCUT2D eigenvalue weighted by atomic mass is 10.5. The second kappa shape index (κ2) is 5.89. The van der Waals surface area contributed by atoms with E-state index in [4.69, 9.17) is 0 Å². The molecule has 0 aliphatic rings. The number of halogens is 1. The molecule has 0 spiro atoms. The Kier molecular flexibility index (Phi) is 5.80. The molecule has 0 aliphatic carbocycles. The Morgan fingerprint density at radius 2 is 2.43 bits per heavy atom. The molecule has 0 aromatic heterocycles. The van der Waals surface area contributed by atoms with Crippen LogP contribution in [0.15, 0.2) is 0 Å². The van der Waals surface area contributed by atoms with Crippen LogP contribution in [0.5, 0.6) is 0 Å². The van der Waals surface area contributed by atoms with Gasteiger partial charge in [-0.15, -0.1) is 0 Å². The van der Waals surface area contributed by atoms with Gasteiger partial charge in [0.2, 0.25) is 0 Å². The summed E-state index contributed by atoms with van der Waals surface area (Å²) in [5, 5.41) is 0. The molecule has 0 N–H and O–H groups in total. The molecule has 0 fully saturated rings. The van der Waals surface area contributed by atoms with Crippen molar-refractivity contribution in [1.29, 1.82) is 0 Å². The second-order valence-electron chi connectivity index (χ2n) is 1.13. The van der Waals surface area contributed by atoms with Crippen molar-refractivity contribution in [3.05, 3.63) is 6.61 Å². The Labute approximate surface area is 43.5 Å². The van der Waals surface area contributed by atoms with Crippen molar-refractivity contribution in [2.75, 3.05) is 13.3 Å². The maximum absolute atomic E-state index is 11.2. The van der Waals surface area contributed by atoms with Gasteiger partial charge in [0.05, 0.1) is 13.2 Å². The molecule has 0 aromatic carbocycles. The van der Waals surface area contributed by atoms with Crippen molar-refractivity contribution in [2.24, 2.45) is 0 Å². The van der Waals surface area contributed by atoms with Crippen LogP contribution in [-0.2, 0) is 4.74 Å². The molecule has 0 aromatic rings. The van der Waals surface area contributed by atoms with E-state index in [1.165, 1.54) is 0 Å². The highest BCUT2D eigenvalue weighted by atomic mass is 19.1. The maximum Gasteiger partial charge on any atom is 0.113 e. The molecule has 7 heavy (non-hydrogen) atoms. The third kappa shape index (κ3) is 5.89. The molecule has 0 atom stereocenters. The quantitative estimate of drug-likeness (QED) is 0.493. The minimum atomic E-state index is -0.392. The van der Waals surface area contributed by atoms with E-state index in [-0.39, 0.29) is 6.61 Å². The molecular formula is C5H10FO. The molecule has 0 aliphatic heterocycles. The summed E-state index contributed by atoms with van der Waals surface area (Å²) in [6, 6.07) is 0. The van der Waals surface area contributed by atoms with E-state index in [2.05, 4.69) is 4.74 Å². The van der Waals surface area contributed by atoms with Crippen LogP contribution in [0.3, 0.4) is 0 Å². The van der Waals surface area contributed by atoms with E-state index in [0.717, 1.165) is 6.42 Å². The van der Waals surface area contributed by atoms with Gasteiger partial charge in [0.1, 0.15) is 6.67 Å². The molecule has 1 nitrogen and oxygen atoms in total. The third-order valence-corrected chi connectivity index (χ3v) is 0.480. The summed E-state index contributed by atoms with van der Waals surface area (Å²) in [5.74, 6) is 0. The molecule has 43 valence electrons. The summed E-state index contributed by atoms with van der Waals surface area (Å²) < 4.78 is 15.8. The van der Waals surface area contributed by atoms with E-state index < -0.39 is 6.67 Å². The lowest BCUT2D eigenvalue weighted by Gasteiger charge is -1.92. The first-order chi connectivity index (χ1) is 3.41. The fourth-order valence-corrected chi connectivity index (χ4v) is 0.246. The van der Waals surface area contributed by atoms with Gasteiger partial charge in [-0.2, -0.15) is 0 Å². The average molecular weight is 105 g/mol. The first-order valence-corrected chi connectivity index (χ1v) is 2.41. The largest absolute Gasteiger partial charge is 0.373 e. The predicted molar refractivity (Wildman–Crippen MR) is 26.5 cm³/mol. The van der Waals surface area contributed by atoms with E-state index in [1.807, 2.05) is 6.92 Å². The zero-order chi connectivity index (χ0) is 5.54. The van der Waals surface area contributed by atoms with Gasteiger partial charge in [-0.05, 0) is 6.42 Å². The van der Waals surface area contributed by atoms with Crippen LogP contribution in [-0.4, -0.2) is 13.3 Å². The van der Waals surface area contributed by atoms with Gasteiger partial charge < -0.3 is 4.74 Å². The second-order valence-corrected chi connectivity index (χ2v) is 1.13. The Bertz CT molecular complexity index is 27.3. The van der Waals surface area contributed by atoms with Gasteiger partial charge in [0.25, 0.3) is 0 Å². The van der Waals surface area contributed by atoms with Crippen LogP contribution in [0.4, 0.5) is 4.39 Å². The van der Waals surface area contributed by atoms with Crippen LogP contribution >= 0.6 is 0 Å². The van der Waals surface area contributed by atoms with E-state index in [9.17, 15) is 4.39 Å². The standard InChI is InChI=1S/C5H10FO/c1-2-4-7-5-3-6/h4H,2-3,5H2,1H3. The monoisotopic (exact) mass is 105 g/mol. The van der Waals surface area contributed by atoms with Crippen molar-refractivity contribution in [3.8, 4) is 0 Å². The zero-order valence-corrected chi connectivity index (χ0v) is 4.48. The van der Waals surface area contributed by atoms with E-state index in [0.29, 0.717) is 0 Å². The fourth-order valence-electron chi connectivity index (χ4n) is 0.246. The van der Waals surface area contributed by atoms with Crippen LogP contribution in [0, 0.1) is 6.61 Å². The normalized spacial score (nSPS) is 9.43. The Morgan fingerprint density at radius 1 is 1.71 bits per heavy atom. The van der Waals surface area contributed by atoms with Crippen LogP contribution in [0.2, 0.25) is 0 Å². The van der Waals surface area contributed by atoms with Crippen molar-refractivity contribution in [1.82, 2.24) is 0 Å². The highest BCUT2D eigenvalue weighted by Gasteiger charge is 1.81. The minimum Gasteiger partial charge on any atom is -0.373 e. The molecule has 0 saturated heterocycles. The zero-order valence-electron chi connectivity index (χ0n) is 4.48. The van der Waals surface area contributed by atoms with Crippen LogP contribution in [0.25, 0.3) is 0 Å². The molecule has 0 saturated carbocycles. The van der Waals surface area contributed by atoms with Gasteiger partial charge >= 0.3 is 0 Å². The first-order valence-electron chi connectivity index (χ1n) is 2.41. The summed E-state index contributed by atoms with van der Waals surface area (Å²) in [5.41, 5.74) is 0. The van der Waals surface area contributed by atoms with Crippen molar-refractivity contribution in [3.63, 3.8) is 0 Å². The van der Waals surface area contributed by atoms with Gasteiger partial charge in [-0.1, -0.05) is 6.92 Å². The summed E-state index contributed by atoms with van der Waals surface area (Å²) >= 11 is 0. The molecule has 0 amide bonds. The SMILES string of the molecule is CC[CH]OCCF. The minimum absolute atomic E-state index is 0.202. The summed E-state index contributed by atoms with van der Waals surface area (Å²) in [6.45, 7) is 3.35. The number of alkyl halides is 1. The van der Waals surface area contributed by atoms with Crippen LogP contribution in [0.1, 0.15) is 13.3 Å². The maximum atomic E-state index is 11.2. The molecule has 0 heterocycles. The Morgan fingerprint density at radius 3 is 2.86 bits per heavy atom. The number of rotatable bonds is 4. The van der Waals surface area contributed by atoms with Gasteiger partial charge in [0.15, 0.2) is 0 Å². The van der Waals surface area contributed by atoms with Crippen molar-refractivity contribution < 1.29 is 9.13 Å². The van der Waals surface area contributed by atoms with Crippen LogP contribution < -0.4 is 0 Å². The first kappa shape index (κ1) is 6.89. The van der Waals surface area contributed by atoms with Crippen molar-refractivity contribution in [2.45, 2.75) is 13.3 Å². The number of hydrogen-bond acceptors (Lipinski definition) is 1. The highest BCUT2D eigenvalue weighted by Crippen LogP contribution is 1.85. The van der Waals surface area contributed by atoms with E-state index in [1.54, 1.807) is 6.61 Å². The number of hydrogen-bond donors (Lipinski definition) is 0. The third-order valence-electron chi connectivity index (χ3n) is 0.480. The van der Waals surface area contributed by atoms with Gasteiger partial charge in [-0.3, -0.25) is 0 Å². The Hall–Kier alpha value is -0.110. The molecule has 0 rings (SSSR count). The Balaban J connectivity index is 2.45. The van der Waals surface area contributed by atoms with Gasteiger partial charge in [0, 0.05) is 0 Å². The summed E-state index contributed by atoms with van der Waals surface area (Å²) in [6.07, 6.45) is 0.847. The fraction of sp³-hybridized carbons (Fsp3) is 0.800. The topological polar surface area (TPSA) is 9.23 Å². The molecule has 0 unspecified atom stereocenters. The van der Waals surface area contributed by atoms with E-state index >= 15 is 0 Å². The smallest absolute Gasteiger partial charge is 0.113 e.